The van der Waals surface area contributed by atoms with E-state index in [1.807, 2.05) is 22.3 Å². The molecule has 2 saturated heterocycles. The Labute approximate surface area is 168 Å². The summed E-state index contributed by atoms with van der Waals surface area (Å²) in [4.78, 5) is 28.8. The minimum Gasteiger partial charge on any atom is -0.370 e. The second kappa shape index (κ2) is 7.01. The van der Waals surface area contributed by atoms with E-state index >= 15 is 0 Å². The van der Waals surface area contributed by atoms with Gasteiger partial charge in [0, 0.05) is 42.2 Å². The van der Waals surface area contributed by atoms with Crippen LogP contribution >= 0.6 is 11.3 Å². The Morgan fingerprint density at radius 3 is 2.71 bits per heavy atom. The van der Waals surface area contributed by atoms with Crippen LogP contribution < -0.4 is 5.32 Å². The normalized spacial score (nSPS) is 23.5. The summed E-state index contributed by atoms with van der Waals surface area (Å²) in [5.74, 6) is -0.103. The van der Waals surface area contributed by atoms with E-state index in [0.717, 1.165) is 25.9 Å². The lowest BCUT2D eigenvalue weighted by Gasteiger charge is -2.44. The van der Waals surface area contributed by atoms with Crippen molar-refractivity contribution in [3.05, 3.63) is 46.8 Å². The Morgan fingerprint density at radius 2 is 2.00 bits per heavy atom. The second-order valence-electron chi connectivity index (χ2n) is 7.94. The van der Waals surface area contributed by atoms with Gasteiger partial charge in [0.15, 0.2) is 0 Å². The summed E-state index contributed by atoms with van der Waals surface area (Å²) >= 11 is 1.88. The molecule has 2 fully saturated rings. The van der Waals surface area contributed by atoms with Gasteiger partial charge in [0.1, 0.15) is 0 Å². The lowest BCUT2D eigenvalue weighted by atomic mass is 9.82. The van der Waals surface area contributed by atoms with E-state index in [1.54, 1.807) is 0 Å². The molecule has 4 heterocycles. The van der Waals surface area contributed by atoms with E-state index < -0.39 is 0 Å². The molecule has 2 amide bonds. The van der Waals surface area contributed by atoms with Crippen molar-refractivity contribution in [2.75, 3.05) is 26.2 Å². The highest BCUT2D eigenvalue weighted by molar-refractivity contribution is 7.15. The second-order valence-corrected chi connectivity index (χ2v) is 9.07. The monoisotopic (exact) mass is 396 g/mol. The quantitative estimate of drug-likeness (QED) is 0.849. The molecule has 3 aliphatic heterocycles. The number of nitrogens with one attached hydrogen (secondary N) is 1. The third-order valence-electron chi connectivity index (χ3n) is 6.28. The first-order valence-corrected chi connectivity index (χ1v) is 10.8. The molecule has 6 heteroatoms. The van der Waals surface area contributed by atoms with E-state index in [1.165, 1.54) is 20.9 Å². The molecule has 0 aliphatic carbocycles. The van der Waals surface area contributed by atoms with Crippen LogP contribution in [-0.2, 0) is 26.3 Å². The van der Waals surface area contributed by atoms with Crippen LogP contribution in [0.3, 0.4) is 0 Å². The van der Waals surface area contributed by atoms with E-state index in [9.17, 15) is 9.59 Å². The van der Waals surface area contributed by atoms with Crippen LogP contribution in [0.25, 0.3) is 10.4 Å². The summed E-state index contributed by atoms with van der Waals surface area (Å²) in [6.45, 7) is 2.61. The number of nitrogens with zero attached hydrogens (tertiary/aromatic N) is 1. The van der Waals surface area contributed by atoms with E-state index in [2.05, 4.69) is 35.6 Å². The predicted molar refractivity (Wildman–Crippen MR) is 108 cm³/mol. The summed E-state index contributed by atoms with van der Waals surface area (Å²) in [7, 11) is 0. The van der Waals surface area contributed by atoms with E-state index in [0.29, 0.717) is 26.1 Å². The largest absolute Gasteiger partial charge is 0.370 e. The molecule has 0 saturated carbocycles. The smallest absolute Gasteiger partial charge is 0.227 e. The van der Waals surface area contributed by atoms with Crippen LogP contribution in [0.1, 0.15) is 29.7 Å². The van der Waals surface area contributed by atoms with Crippen LogP contribution in [0.4, 0.5) is 0 Å². The minimum atomic E-state index is -0.266. The van der Waals surface area contributed by atoms with Gasteiger partial charge in [-0.1, -0.05) is 30.3 Å². The van der Waals surface area contributed by atoms with Crippen molar-refractivity contribution in [1.82, 2.24) is 10.2 Å². The number of carbonyl (C=O) groups excluding carboxylic acids is 2. The van der Waals surface area contributed by atoms with Crippen LogP contribution in [0.15, 0.2) is 36.4 Å². The lowest BCUT2D eigenvalue weighted by Crippen LogP contribution is -2.49. The molecule has 146 valence electrons. The van der Waals surface area contributed by atoms with Crippen LogP contribution in [0.2, 0.25) is 0 Å². The zero-order valence-corrected chi connectivity index (χ0v) is 16.6. The molecule has 1 unspecified atom stereocenters. The van der Waals surface area contributed by atoms with Gasteiger partial charge in [-0.3, -0.25) is 9.59 Å². The molecule has 1 N–H and O–H groups in total. The molecule has 1 aromatic carbocycles. The number of likely N-dealkylation sites (tertiary alicyclic amines) is 1. The molecule has 28 heavy (non-hydrogen) atoms. The molecule has 5 nitrogen and oxygen atoms in total. The van der Waals surface area contributed by atoms with Gasteiger partial charge < -0.3 is 15.0 Å². The Bertz CT molecular complexity index is 900. The standard InChI is InChI=1S/C22H24N2O3S/c25-20-12-16(14-23-20)21(26)24-9-7-22(8-10-24)17-13-19(15-4-2-1-3-5-15)28-18(17)6-11-27-22/h1-5,13,16H,6-12,14H2,(H,23,25). The van der Waals surface area contributed by atoms with Gasteiger partial charge in [0.2, 0.25) is 11.8 Å². The molecule has 0 radical (unpaired) electrons. The zero-order valence-electron chi connectivity index (χ0n) is 15.8. The molecule has 1 aromatic heterocycles. The molecule has 3 aliphatic rings. The van der Waals surface area contributed by atoms with Gasteiger partial charge in [0.25, 0.3) is 0 Å². The number of rotatable bonds is 2. The number of thiophene rings is 1. The minimum absolute atomic E-state index is 0.0150. The van der Waals surface area contributed by atoms with Gasteiger partial charge in [0.05, 0.1) is 18.1 Å². The maximum atomic E-state index is 12.7. The number of amides is 2. The molecular formula is C22H24N2O3S. The number of benzene rings is 1. The highest BCUT2D eigenvalue weighted by Crippen LogP contribution is 2.46. The first kappa shape index (κ1) is 17.9. The summed E-state index contributed by atoms with van der Waals surface area (Å²) < 4.78 is 6.35. The average Bonchev–Trinajstić information content (AvgIpc) is 3.36. The maximum absolute atomic E-state index is 12.7. The Hall–Kier alpha value is -2.18. The Morgan fingerprint density at radius 1 is 1.21 bits per heavy atom. The lowest BCUT2D eigenvalue weighted by molar-refractivity contribution is -0.144. The molecule has 1 spiro atoms. The topological polar surface area (TPSA) is 58.6 Å². The number of hydrogen-bond donors (Lipinski definition) is 1. The fourth-order valence-corrected chi connectivity index (χ4v) is 5.94. The highest BCUT2D eigenvalue weighted by atomic mass is 32.1. The Kier molecular flexibility index (Phi) is 4.48. The Balaban J connectivity index is 1.35. The van der Waals surface area contributed by atoms with Crippen molar-refractivity contribution in [3.8, 4) is 10.4 Å². The van der Waals surface area contributed by atoms with Crippen LogP contribution in [0, 0.1) is 5.92 Å². The number of piperidine rings is 1. The van der Waals surface area contributed by atoms with E-state index in [4.69, 9.17) is 4.74 Å². The summed E-state index contributed by atoms with van der Waals surface area (Å²) in [5.41, 5.74) is 2.31. The number of carbonyl (C=O) groups is 2. The third-order valence-corrected chi connectivity index (χ3v) is 7.52. The first-order chi connectivity index (χ1) is 13.6. The number of fused-ring (bicyclic) bond motifs is 2. The fraction of sp³-hybridized carbons (Fsp3) is 0.455. The molecule has 1 atom stereocenters. The van der Waals surface area contributed by atoms with Gasteiger partial charge >= 0.3 is 0 Å². The predicted octanol–water partition coefficient (Wildman–Crippen LogP) is 2.94. The maximum Gasteiger partial charge on any atom is 0.227 e. The number of hydrogen-bond acceptors (Lipinski definition) is 4. The SMILES string of the molecule is O=C1CC(C(=O)N2CCC3(CC2)OCCc2sc(-c4ccccc4)cc23)CN1. The van der Waals surface area contributed by atoms with Crippen molar-refractivity contribution in [2.45, 2.75) is 31.3 Å². The van der Waals surface area contributed by atoms with Crippen molar-refractivity contribution >= 4 is 23.2 Å². The highest BCUT2D eigenvalue weighted by Gasteiger charge is 2.44. The first-order valence-electron chi connectivity index (χ1n) is 10.0. The van der Waals surface area contributed by atoms with Gasteiger partial charge in [-0.15, -0.1) is 11.3 Å². The molecule has 2 aromatic rings. The molecule has 0 bridgehead atoms. The molecular weight excluding hydrogens is 372 g/mol. The van der Waals surface area contributed by atoms with Crippen LogP contribution in [0.5, 0.6) is 0 Å². The fourth-order valence-electron chi connectivity index (χ4n) is 4.70. The van der Waals surface area contributed by atoms with Crippen molar-refractivity contribution in [2.24, 2.45) is 5.92 Å². The van der Waals surface area contributed by atoms with Gasteiger partial charge in [-0.25, -0.2) is 0 Å². The van der Waals surface area contributed by atoms with Gasteiger partial charge in [-0.2, -0.15) is 0 Å². The van der Waals surface area contributed by atoms with E-state index in [-0.39, 0.29) is 23.3 Å². The van der Waals surface area contributed by atoms with Crippen LogP contribution in [-0.4, -0.2) is 43.0 Å². The van der Waals surface area contributed by atoms with Crippen molar-refractivity contribution in [1.29, 1.82) is 0 Å². The number of ether oxygens (including phenoxy) is 1. The molecule has 5 rings (SSSR count). The summed E-state index contributed by atoms with van der Waals surface area (Å²) in [5, 5.41) is 2.77. The summed E-state index contributed by atoms with van der Waals surface area (Å²) in [6.07, 6.45) is 2.94. The van der Waals surface area contributed by atoms with Gasteiger partial charge in [-0.05, 0) is 30.0 Å². The average molecular weight is 397 g/mol. The summed E-state index contributed by atoms with van der Waals surface area (Å²) in [6, 6.07) is 12.8. The van der Waals surface area contributed by atoms with Crippen molar-refractivity contribution < 1.29 is 14.3 Å². The van der Waals surface area contributed by atoms with Crippen molar-refractivity contribution in [3.63, 3.8) is 0 Å². The zero-order chi connectivity index (χ0) is 19.1. The third kappa shape index (κ3) is 3.05.